The first-order valence-electron chi connectivity index (χ1n) is 7.83. The van der Waals surface area contributed by atoms with E-state index in [1.165, 1.54) is 12.1 Å². The molecule has 0 aliphatic heterocycles. The highest BCUT2D eigenvalue weighted by atomic mass is 19.1. The zero-order valence-corrected chi connectivity index (χ0v) is 14.1. The van der Waals surface area contributed by atoms with Crippen molar-refractivity contribution in [2.45, 2.75) is 32.7 Å². The molecule has 2 rings (SSSR count). The highest BCUT2D eigenvalue weighted by molar-refractivity contribution is 5.79. The SMILES string of the molecule is CN=C(NCCc1cc(F)cc(F)c1)NCc1cc(C(C)C)no1. The number of hydrogen-bond donors (Lipinski definition) is 2. The fraction of sp³-hybridized carbons (Fsp3) is 0.412. The van der Waals surface area contributed by atoms with Crippen molar-refractivity contribution in [3.8, 4) is 0 Å². The average molecular weight is 336 g/mol. The van der Waals surface area contributed by atoms with Crippen LogP contribution in [0.25, 0.3) is 0 Å². The van der Waals surface area contributed by atoms with E-state index in [2.05, 4.69) is 20.8 Å². The van der Waals surface area contributed by atoms with Crippen molar-refractivity contribution in [3.63, 3.8) is 0 Å². The van der Waals surface area contributed by atoms with Crippen molar-refractivity contribution in [2.75, 3.05) is 13.6 Å². The second-order valence-electron chi connectivity index (χ2n) is 5.75. The molecular weight excluding hydrogens is 314 g/mol. The molecule has 24 heavy (non-hydrogen) atoms. The van der Waals surface area contributed by atoms with Gasteiger partial charge in [-0.2, -0.15) is 0 Å². The van der Waals surface area contributed by atoms with E-state index in [1.807, 2.05) is 19.9 Å². The monoisotopic (exact) mass is 336 g/mol. The normalized spacial score (nSPS) is 11.8. The molecule has 0 saturated heterocycles. The Morgan fingerprint density at radius 1 is 1.17 bits per heavy atom. The predicted octanol–water partition coefficient (Wildman–Crippen LogP) is 2.98. The summed E-state index contributed by atoms with van der Waals surface area (Å²) < 4.78 is 31.5. The van der Waals surface area contributed by atoms with Crippen LogP contribution in [0.1, 0.15) is 36.8 Å². The number of benzene rings is 1. The molecule has 0 fully saturated rings. The highest BCUT2D eigenvalue weighted by Crippen LogP contribution is 2.13. The third-order valence-electron chi connectivity index (χ3n) is 3.45. The second kappa shape index (κ2) is 8.42. The van der Waals surface area contributed by atoms with Gasteiger partial charge in [0.05, 0.1) is 12.2 Å². The van der Waals surface area contributed by atoms with Crippen molar-refractivity contribution in [2.24, 2.45) is 4.99 Å². The Hall–Kier alpha value is -2.44. The van der Waals surface area contributed by atoms with E-state index < -0.39 is 11.6 Å². The molecule has 130 valence electrons. The zero-order valence-electron chi connectivity index (χ0n) is 14.1. The molecule has 0 amide bonds. The maximum absolute atomic E-state index is 13.1. The van der Waals surface area contributed by atoms with Gasteiger partial charge in [0.1, 0.15) is 11.6 Å². The van der Waals surface area contributed by atoms with Gasteiger partial charge >= 0.3 is 0 Å². The maximum Gasteiger partial charge on any atom is 0.191 e. The van der Waals surface area contributed by atoms with E-state index >= 15 is 0 Å². The van der Waals surface area contributed by atoms with E-state index in [1.54, 1.807) is 7.05 Å². The zero-order chi connectivity index (χ0) is 17.5. The first-order valence-corrected chi connectivity index (χ1v) is 7.83. The van der Waals surface area contributed by atoms with Gasteiger partial charge in [-0.05, 0) is 30.0 Å². The fourth-order valence-electron chi connectivity index (χ4n) is 2.16. The van der Waals surface area contributed by atoms with Crippen molar-refractivity contribution in [1.82, 2.24) is 15.8 Å². The quantitative estimate of drug-likeness (QED) is 0.629. The van der Waals surface area contributed by atoms with Crippen molar-refractivity contribution in [3.05, 3.63) is 52.9 Å². The Bertz CT molecular complexity index is 677. The number of aliphatic imine (C=N–C) groups is 1. The molecule has 0 radical (unpaired) electrons. The largest absolute Gasteiger partial charge is 0.359 e. The lowest BCUT2D eigenvalue weighted by molar-refractivity contribution is 0.372. The standard InChI is InChI=1S/C17H22F2N4O/c1-11(2)16-9-15(24-23-16)10-22-17(20-3)21-5-4-12-6-13(18)8-14(19)7-12/h6-9,11H,4-5,10H2,1-3H3,(H2,20,21,22). The third-order valence-corrected chi connectivity index (χ3v) is 3.45. The van der Waals surface area contributed by atoms with Crippen LogP contribution >= 0.6 is 0 Å². The minimum absolute atomic E-state index is 0.312. The minimum Gasteiger partial charge on any atom is -0.359 e. The molecule has 0 bridgehead atoms. The van der Waals surface area contributed by atoms with Gasteiger partial charge in [0.2, 0.25) is 0 Å². The second-order valence-corrected chi connectivity index (χ2v) is 5.75. The third kappa shape index (κ3) is 5.33. The number of aromatic nitrogens is 1. The molecule has 2 N–H and O–H groups in total. The van der Waals surface area contributed by atoms with Crippen LogP contribution in [0.3, 0.4) is 0 Å². The number of hydrogen-bond acceptors (Lipinski definition) is 3. The summed E-state index contributed by atoms with van der Waals surface area (Å²) in [5.41, 5.74) is 1.50. The van der Waals surface area contributed by atoms with Crippen molar-refractivity contribution >= 4 is 5.96 Å². The Kier molecular flexibility index (Phi) is 6.28. The Labute approximate surface area is 140 Å². The Morgan fingerprint density at radius 3 is 2.46 bits per heavy atom. The topological polar surface area (TPSA) is 62.5 Å². The fourth-order valence-corrected chi connectivity index (χ4v) is 2.16. The van der Waals surface area contributed by atoms with Gasteiger partial charge in [0.25, 0.3) is 0 Å². The van der Waals surface area contributed by atoms with Gasteiger partial charge in [-0.15, -0.1) is 0 Å². The summed E-state index contributed by atoms with van der Waals surface area (Å²) in [6.45, 7) is 5.04. The molecule has 0 aliphatic rings. The summed E-state index contributed by atoms with van der Waals surface area (Å²) in [5.74, 6) is 0.465. The maximum atomic E-state index is 13.1. The highest BCUT2D eigenvalue weighted by Gasteiger charge is 2.08. The van der Waals surface area contributed by atoms with Gasteiger partial charge in [-0.25, -0.2) is 8.78 Å². The molecule has 2 aromatic rings. The van der Waals surface area contributed by atoms with Crippen LogP contribution in [-0.4, -0.2) is 24.7 Å². The van der Waals surface area contributed by atoms with Crippen molar-refractivity contribution in [1.29, 1.82) is 0 Å². The lowest BCUT2D eigenvalue weighted by Crippen LogP contribution is -2.37. The van der Waals surface area contributed by atoms with E-state index in [9.17, 15) is 8.78 Å². The molecule has 0 spiro atoms. The number of rotatable bonds is 6. The van der Waals surface area contributed by atoms with Crippen LogP contribution in [0.5, 0.6) is 0 Å². The van der Waals surface area contributed by atoms with Gasteiger partial charge in [0, 0.05) is 25.7 Å². The molecule has 0 unspecified atom stereocenters. The van der Waals surface area contributed by atoms with Gasteiger partial charge in [-0.3, -0.25) is 4.99 Å². The molecular formula is C17H22F2N4O. The number of halogens is 2. The number of nitrogens with one attached hydrogen (secondary N) is 2. The summed E-state index contributed by atoms with van der Waals surface area (Å²) in [6, 6.07) is 5.41. The van der Waals surface area contributed by atoms with Crippen LogP contribution in [0.4, 0.5) is 8.78 Å². The molecule has 1 heterocycles. The lowest BCUT2D eigenvalue weighted by atomic mass is 10.1. The van der Waals surface area contributed by atoms with Crippen LogP contribution in [0, 0.1) is 11.6 Å². The molecule has 5 nitrogen and oxygen atoms in total. The van der Waals surface area contributed by atoms with Crippen LogP contribution < -0.4 is 10.6 Å². The smallest absolute Gasteiger partial charge is 0.191 e. The van der Waals surface area contributed by atoms with E-state index in [-0.39, 0.29) is 0 Å². The molecule has 1 aromatic heterocycles. The van der Waals surface area contributed by atoms with Crippen LogP contribution in [0.15, 0.2) is 33.8 Å². The summed E-state index contributed by atoms with van der Waals surface area (Å²) in [5, 5.41) is 10.2. The molecule has 7 heteroatoms. The summed E-state index contributed by atoms with van der Waals surface area (Å²) >= 11 is 0. The summed E-state index contributed by atoms with van der Waals surface area (Å²) in [6.07, 6.45) is 0.481. The van der Waals surface area contributed by atoms with E-state index in [0.29, 0.717) is 42.7 Å². The van der Waals surface area contributed by atoms with Crippen LogP contribution in [0.2, 0.25) is 0 Å². The Balaban J connectivity index is 1.79. The average Bonchev–Trinajstić information content (AvgIpc) is 2.99. The van der Waals surface area contributed by atoms with Crippen LogP contribution in [-0.2, 0) is 13.0 Å². The lowest BCUT2D eigenvalue weighted by Gasteiger charge is -2.10. The van der Waals surface area contributed by atoms with E-state index in [4.69, 9.17) is 4.52 Å². The summed E-state index contributed by atoms with van der Waals surface area (Å²) in [7, 11) is 1.65. The first-order chi connectivity index (χ1) is 11.5. The van der Waals surface area contributed by atoms with E-state index in [0.717, 1.165) is 11.8 Å². The van der Waals surface area contributed by atoms with Gasteiger partial charge in [-0.1, -0.05) is 19.0 Å². The number of guanidine groups is 1. The van der Waals surface area contributed by atoms with Gasteiger partial charge in [0.15, 0.2) is 11.7 Å². The molecule has 0 saturated carbocycles. The number of nitrogens with zero attached hydrogens (tertiary/aromatic N) is 2. The Morgan fingerprint density at radius 2 is 1.88 bits per heavy atom. The van der Waals surface area contributed by atoms with Gasteiger partial charge < -0.3 is 15.2 Å². The molecule has 0 aliphatic carbocycles. The minimum atomic E-state index is -0.571. The predicted molar refractivity (Wildman–Crippen MR) is 88.9 cm³/mol. The first kappa shape index (κ1) is 17.9. The van der Waals surface area contributed by atoms with Crippen molar-refractivity contribution < 1.29 is 13.3 Å². The molecule has 1 aromatic carbocycles. The molecule has 0 atom stereocenters. The summed E-state index contributed by atoms with van der Waals surface area (Å²) in [4.78, 5) is 4.10.